The van der Waals surface area contributed by atoms with Crippen molar-refractivity contribution in [3.05, 3.63) is 35.9 Å². The van der Waals surface area contributed by atoms with E-state index in [1.54, 1.807) is 0 Å². The number of benzene rings is 1. The van der Waals surface area contributed by atoms with Crippen LogP contribution in [-0.2, 0) is 0 Å². The van der Waals surface area contributed by atoms with Crippen LogP contribution in [0.2, 0.25) is 0 Å². The average molecular weight is 286 g/mol. The first-order valence-corrected chi connectivity index (χ1v) is 8.74. The second kappa shape index (κ2) is 6.50. The molecule has 1 aromatic carbocycles. The molecule has 116 valence electrons. The van der Waals surface area contributed by atoms with E-state index >= 15 is 0 Å². The largest absolute Gasteiger partial charge is 0.307 e. The highest BCUT2D eigenvalue weighted by molar-refractivity contribution is 5.20. The van der Waals surface area contributed by atoms with Crippen LogP contribution < -0.4 is 5.32 Å². The Bertz CT molecular complexity index is 444. The molecule has 2 heteroatoms. The number of hydrogen-bond donors (Lipinski definition) is 1. The fourth-order valence-corrected chi connectivity index (χ4v) is 4.52. The summed E-state index contributed by atoms with van der Waals surface area (Å²) < 4.78 is 0. The molecule has 5 unspecified atom stereocenters. The van der Waals surface area contributed by atoms with E-state index in [4.69, 9.17) is 0 Å². The summed E-state index contributed by atoms with van der Waals surface area (Å²) >= 11 is 0. The van der Waals surface area contributed by atoms with Gasteiger partial charge in [0.25, 0.3) is 0 Å². The molecule has 1 N–H and O–H groups in total. The zero-order valence-electron chi connectivity index (χ0n) is 13.8. The molecule has 1 saturated heterocycles. The van der Waals surface area contributed by atoms with Gasteiger partial charge < -0.3 is 5.32 Å². The monoisotopic (exact) mass is 286 g/mol. The highest BCUT2D eigenvalue weighted by Crippen LogP contribution is 2.39. The summed E-state index contributed by atoms with van der Waals surface area (Å²) in [6, 6.07) is 12.9. The Balaban J connectivity index is 1.72. The van der Waals surface area contributed by atoms with Crippen molar-refractivity contribution in [2.24, 2.45) is 11.8 Å². The van der Waals surface area contributed by atoms with Crippen molar-refractivity contribution >= 4 is 0 Å². The lowest BCUT2D eigenvalue weighted by molar-refractivity contribution is 0.0679. The zero-order chi connectivity index (χ0) is 14.8. The van der Waals surface area contributed by atoms with Gasteiger partial charge in [-0.2, -0.15) is 0 Å². The number of rotatable bonds is 3. The lowest BCUT2D eigenvalue weighted by atomic mass is 9.91. The van der Waals surface area contributed by atoms with Crippen molar-refractivity contribution in [2.75, 3.05) is 13.1 Å². The molecule has 5 atom stereocenters. The van der Waals surface area contributed by atoms with E-state index in [1.807, 2.05) is 0 Å². The van der Waals surface area contributed by atoms with Gasteiger partial charge in [-0.05, 0) is 37.2 Å². The summed E-state index contributed by atoms with van der Waals surface area (Å²) in [5.41, 5.74) is 1.44. The highest BCUT2D eigenvalue weighted by Gasteiger charge is 2.39. The Morgan fingerprint density at radius 3 is 2.57 bits per heavy atom. The molecule has 2 fully saturated rings. The van der Waals surface area contributed by atoms with E-state index in [1.165, 1.54) is 24.8 Å². The molecule has 0 aromatic heterocycles. The quantitative estimate of drug-likeness (QED) is 0.908. The molecule has 0 radical (unpaired) electrons. The third kappa shape index (κ3) is 3.02. The van der Waals surface area contributed by atoms with E-state index in [0.717, 1.165) is 31.0 Å². The van der Waals surface area contributed by atoms with Crippen LogP contribution in [0.25, 0.3) is 0 Å². The van der Waals surface area contributed by atoms with Gasteiger partial charge in [0.1, 0.15) is 0 Å². The summed E-state index contributed by atoms with van der Waals surface area (Å²) in [5.74, 6) is 1.79. The fraction of sp³-hybridized carbons (Fsp3) is 0.684. The van der Waals surface area contributed by atoms with Crippen LogP contribution in [0.4, 0.5) is 0 Å². The second-order valence-electron chi connectivity index (χ2n) is 7.09. The third-order valence-electron chi connectivity index (χ3n) is 5.96. The summed E-state index contributed by atoms with van der Waals surface area (Å²) in [4.78, 5) is 2.80. The van der Waals surface area contributed by atoms with Crippen LogP contribution in [0.5, 0.6) is 0 Å². The molecule has 1 aliphatic carbocycles. The summed E-state index contributed by atoms with van der Waals surface area (Å²) in [6.07, 6.45) is 4.17. The minimum Gasteiger partial charge on any atom is -0.307 e. The normalized spacial score (nSPS) is 37.8. The molecule has 1 heterocycles. The molecule has 1 aliphatic heterocycles. The van der Waals surface area contributed by atoms with E-state index in [9.17, 15) is 0 Å². The molecular weight excluding hydrogens is 256 g/mol. The Labute approximate surface area is 129 Å². The predicted octanol–water partition coefficient (Wildman–Crippen LogP) is 3.85. The number of nitrogens with zero attached hydrogens (tertiary/aromatic N) is 1. The van der Waals surface area contributed by atoms with Crippen molar-refractivity contribution in [3.8, 4) is 0 Å². The Morgan fingerprint density at radius 2 is 1.90 bits per heavy atom. The maximum Gasteiger partial charge on any atom is 0.0450 e. The van der Waals surface area contributed by atoms with Gasteiger partial charge in [0.15, 0.2) is 0 Å². The van der Waals surface area contributed by atoms with Gasteiger partial charge in [-0.3, -0.25) is 4.90 Å². The van der Waals surface area contributed by atoms with Gasteiger partial charge in [-0.1, -0.05) is 50.6 Å². The van der Waals surface area contributed by atoms with Crippen LogP contribution in [0.15, 0.2) is 30.3 Å². The van der Waals surface area contributed by atoms with Crippen LogP contribution in [0.3, 0.4) is 0 Å². The van der Waals surface area contributed by atoms with Gasteiger partial charge >= 0.3 is 0 Å². The molecule has 0 spiro atoms. The van der Waals surface area contributed by atoms with Crippen LogP contribution in [0.1, 0.15) is 51.6 Å². The van der Waals surface area contributed by atoms with Gasteiger partial charge in [0, 0.05) is 31.2 Å². The summed E-state index contributed by atoms with van der Waals surface area (Å²) in [7, 11) is 0. The number of hydrogen-bond acceptors (Lipinski definition) is 2. The van der Waals surface area contributed by atoms with Gasteiger partial charge in [-0.25, -0.2) is 0 Å². The number of nitrogens with one attached hydrogen (secondary N) is 1. The van der Waals surface area contributed by atoms with Crippen molar-refractivity contribution < 1.29 is 0 Å². The molecule has 1 aromatic rings. The first-order chi connectivity index (χ1) is 10.2. The van der Waals surface area contributed by atoms with E-state index in [0.29, 0.717) is 12.1 Å². The molecule has 3 rings (SSSR count). The molecule has 1 saturated carbocycles. The SMILES string of the molecule is CCC1CCC(N2CC(c3ccccc3)NCC2C)C1C. The van der Waals surface area contributed by atoms with Crippen molar-refractivity contribution in [2.45, 2.75) is 58.2 Å². The maximum atomic E-state index is 3.74. The average Bonchev–Trinajstić information content (AvgIpc) is 2.89. The van der Waals surface area contributed by atoms with Gasteiger partial charge in [0.05, 0.1) is 0 Å². The lowest BCUT2D eigenvalue weighted by Crippen LogP contribution is -2.56. The van der Waals surface area contributed by atoms with Crippen molar-refractivity contribution in [3.63, 3.8) is 0 Å². The van der Waals surface area contributed by atoms with E-state index < -0.39 is 0 Å². The van der Waals surface area contributed by atoms with Crippen LogP contribution in [-0.4, -0.2) is 30.1 Å². The summed E-state index contributed by atoms with van der Waals surface area (Å²) in [6.45, 7) is 9.51. The summed E-state index contributed by atoms with van der Waals surface area (Å²) in [5, 5.41) is 3.74. The minimum absolute atomic E-state index is 0.496. The highest BCUT2D eigenvalue weighted by atomic mass is 15.3. The Morgan fingerprint density at radius 1 is 1.14 bits per heavy atom. The first kappa shape index (κ1) is 15.1. The molecule has 0 bridgehead atoms. The number of piperazine rings is 1. The standard InChI is InChI=1S/C19H30N2/c1-4-16-10-11-19(15(16)3)21-13-18(20-12-14(21)2)17-8-6-5-7-9-17/h5-9,14-16,18-20H,4,10-13H2,1-3H3. The van der Waals surface area contributed by atoms with Gasteiger partial charge in [-0.15, -0.1) is 0 Å². The first-order valence-electron chi connectivity index (χ1n) is 8.74. The fourth-order valence-electron chi connectivity index (χ4n) is 4.52. The maximum absolute atomic E-state index is 3.74. The van der Waals surface area contributed by atoms with Gasteiger partial charge in [0.2, 0.25) is 0 Å². The van der Waals surface area contributed by atoms with Crippen LogP contribution in [0, 0.1) is 11.8 Å². The molecule has 2 nitrogen and oxygen atoms in total. The smallest absolute Gasteiger partial charge is 0.0450 e. The molecule has 0 amide bonds. The molecular formula is C19H30N2. The Hall–Kier alpha value is -0.860. The third-order valence-corrected chi connectivity index (χ3v) is 5.96. The van der Waals surface area contributed by atoms with Crippen molar-refractivity contribution in [1.82, 2.24) is 10.2 Å². The lowest BCUT2D eigenvalue weighted by Gasteiger charge is -2.44. The van der Waals surface area contributed by atoms with Crippen LogP contribution >= 0.6 is 0 Å². The zero-order valence-corrected chi connectivity index (χ0v) is 13.8. The second-order valence-corrected chi connectivity index (χ2v) is 7.09. The van der Waals surface area contributed by atoms with Crippen molar-refractivity contribution in [1.29, 1.82) is 0 Å². The topological polar surface area (TPSA) is 15.3 Å². The molecule has 2 aliphatic rings. The van der Waals surface area contributed by atoms with E-state index in [2.05, 4.69) is 61.3 Å². The van der Waals surface area contributed by atoms with E-state index in [-0.39, 0.29) is 0 Å². The minimum atomic E-state index is 0.496. The Kier molecular flexibility index (Phi) is 4.66. The molecule has 21 heavy (non-hydrogen) atoms. The predicted molar refractivity (Wildman–Crippen MR) is 89.3 cm³/mol.